The lowest BCUT2D eigenvalue weighted by atomic mass is 10.1. The highest BCUT2D eigenvalue weighted by molar-refractivity contribution is 6.05. The predicted octanol–water partition coefficient (Wildman–Crippen LogP) is 2.48. The summed E-state index contributed by atoms with van der Waals surface area (Å²) in [5.74, 6) is 0.400. The van der Waals surface area contributed by atoms with Gasteiger partial charge in [-0.1, -0.05) is 6.07 Å². The highest BCUT2D eigenvalue weighted by Gasteiger charge is 2.24. The molecule has 2 aromatic carbocycles. The van der Waals surface area contributed by atoms with E-state index in [0.29, 0.717) is 23.5 Å². The van der Waals surface area contributed by atoms with Gasteiger partial charge in [-0.2, -0.15) is 0 Å². The minimum atomic E-state index is -0.213. The third kappa shape index (κ3) is 3.64. The fourth-order valence-corrected chi connectivity index (χ4v) is 2.86. The number of fused-ring (bicyclic) bond motifs is 1. The lowest BCUT2D eigenvalue weighted by Crippen LogP contribution is -2.32. The maximum atomic E-state index is 12.4. The van der Waals surface area contributed by atoms with E-state index in [1.807, 2.05) is 18.2 Å². The molecule has 0 radical (unpaired) electrons. The number of rotatable bonds is 5. The first-order chi connectivity index (χ1) is 12.1. The van der Waals surface area contributed by atoms with Crippen LogP contribution in [-0.4, -0.2) is 39.2 Å². The van der Waals surface area contributed by atoms with Crippen molar-refractivity contribution in [3.8, 4) is 5.75 Å². The van der Waals surface area contributed by atoms with E-state index >= 15 is 0 Å². The molecule has 2 amide bonds. The maximum absolute atomic E-state index is 12.4. The van der Waals surface area contributed by atoms with E-state index in [1.165, 1.54) is 7.11 Å². The Bertz CT molecular complexity index is 787. The largest absolute Gasteiger partial charge is 0.497 e. The molecule has 0 aromatic heterocycles. The summed E-state index contributed by atoms with van der Waals surface area (Å²) >= 11 is 0. The van der Waals surface area contributed by atoms with Gasteiger partial charge in [0.15, 0.2) is 0 Å². The normalized spacial score (nSPS) is 12.6. The zero-order chi connectivity index (χ0) is 17.8. The number of anilines is 2. The standard InChI is InChI=1S/C19H20N2O4/c1-24-12-18(22)21-10-9-13-3-6-15(11-17(13)21)20-19(23)14-4-7-16(25-2)8-5-14/h3-8,11H,9-10,12H2,1-2H3,(H,20,23). The minimum absolute atomic E-state index is 0.0435. The first-order valence-electron chi connectivity index (χ1n) is 8.00. The van der Waals surface area contributed by atoms with Gasteiger partial charge in [0.1, 0.15) is 12.4 Å². The summed E-state index contributed by atoms with van der Waals surface area (Å²) < 4.78 is 10.0. The van der Waals surface area contributed by atoms with E-state index in [1.54, 1.807) is 36.3 Å². The van der Waals surface area contributed by atoms with Crippen LogP contribution in [0.25, 0.3) is 0 Å². The second kappa shape index (κ2) is 7.36. The van der Waals surface area contributed by atoms with Crippen molar-refractivity contribution in [2.75, 3.05) is 37.6 Å². The number of hydrogen-bond donors (Lipinski definition) is 1. The molecule has 6 nitrogen and oxygen atoms in total. The van der Waals surface area contributed by atoms with Gasteiger partial charge in [-0.15, -0.1) is 0 Å². The zero-order valence-corrected chi connectivity index (χ0v) is 14.2. The molecule has 0 aliphatic carbocycles. The van der Waals surface area contributed by atoms with Crippen molar-refractivity contribution in [1.29, 1.82) is 0 Å². The molecule has 1 aliphatic rings. The number of amides is 2. The Kier molecular flexibility index (Phi) is 5.00. The molecule has 0 fully saturated rings. The summed E-state index contributed by atoms with van der Waals surface area (Å²) in [6.07, 6.45) is 0.803. The number of hydrogen-bond acceptors (Lipinski definition) is 4. The molecular formula is C19H20N2O4. The van der Waals surface area contributed by atoms with Crippen LogP contribution in [0.2, 0.25) is 0 Å². The van der Waals surface area contributed by atoms with E-state index < -0.39 is 0 Å². The quantitative estimate of drug-likeness (QED) is 0.908. The second-order valence-corrected chi connectivity index (χ2v) is 5.75. The Morgan fingerprint density at radius 1 is 1.12 bits per heavy atom. The first kappa shape index (κ1) is 17.0. The van der Waals surface area contributed by atoms with Crippen LogP contribution < -0.4 is 15.0 Å². The highest BCUT2D eigenvalue weighted by atomic mass is 16.5. The molecule has 0 saturated carbocycles. The number of carbonyl (C=O) groups is 2. The number of ether oxygens (including phenoxy) is 2. The van der Waals surface area contributed by atoms with Gasteiger partial charge in [0, 0.05) is 30.6 Å². The number of methoxy groups -OCH3 is 2. The summed E-state index contributed by atoms with van der Waals surface area (Å²) in [5, 5.41) is 2.87. The molecule has 130 valence electrons. The third-order valence-corrected chi connectivity index (χ3v) is 4.16. The monoisotopic (exact) mass is 340 g/mol. The topological polar surface area (TPSA) is 67.9 Å². The molecule has 25 heavy (non-hydrogen) atoms. The molecule has 0 spiro atoms. The van der Waals surface area contributed by atoms with E-state index in [2.05, 4.69) is 5.32 Å². The molecular weight excluding hydrogens is 320 g/mol. The highest BCUT2D eigenvalue weighted by Crippen LogP contribution is 2.31. The predicted molar refractivity (Wildman–Crippen MR) is 95.3 cm³/mol. The fourth-order valence-electron chi connectivity index (χ4n) is 2.86. The smallest absolute Gasteiger partial charge is 0.255 e. The Labute approximate surface area is 146 Å². The van der Waals surface area contributed by atoms with Crippen LogP contribution in [-0.2, 0) is 16.0 Å². The van der Waals surface area contributed by atoms with E-state index in [9.17, 15) is 9.59 Å². The Morgan fingerprint density at radius 3 is 2.56 bits per heavy atom. The van der Waals surface area contributed by atoms with Crippen molar-refractivity contribution in [3.63, 3.8) is 0 Å². The second-order valence-electron chi connectivity index (χ2n) is 5.75. The van der Waals surface area contributed by atoms with Crippen molar-refractivity contribution < 1.29 is 19.1 Å². The molecule has 6 heteroatoms. The number of nitrogens with zero attached hydrogens (tertiary/aromatic N) is 1. The van der Waals surface area contributed by atoms with Crippen LogP contribution in [0.15, 0.2) is 42.5 Å². The van der Waals surface area contributed by atoms with Crippen LogP contribution >= 0.6 is 0 Å². The van der Waals surface area contributed by atoms with Crippen molar-refractivity contribution >= 4 is 23.2 Å². The van der Waals surface area contributed by atoms with Crippen LogP contribution in [0.1, 0.15) is 15.9 Å². The molecule has 1 aliphatic heterocycles. The number of carbonyl (C=O) groups excluding carboxylic acids is 2. The lowest BCUT2D eigenvalue weighted by Gasteiger charge is -2.17. The molecule has 0 saturated heterocycles. The average molecular weight is 340 g/mol. The molecule has 0 bridgehead atoms. The lowest BCUT2D eigenvalue weighted by molar-refractivity contribution is -0.122. The van der Waals surface area contributed by atoms with Crippen LogP contribution in [0.4, 0.5) is 11.4 Å². The van der Waals surface area contributed by atoms with E-state index in [0.717, 1.165) is 17.7 Å². The summed E-state index contributed by atoms with van der Waals surface area (Å²) in [5.41, 5.74) is 3.10. The van der Waals surface area contributed by atoms with Crippen molar-refractivity contribution in [2.24, 2.45) is 0 Å². The maximum Gasteiger partial charge on any atom is 0.255 e. The molecule has 0 atom stereocenters. The summed E-state index contributed by atoms with van der Waals surface area (Å²) in [4.78, 5) is 26.2. The fraction of sp³-hybridized carbons (Fsp3) is 0.263. The molecule has 0 unspecified atom stereocenters. The Morgan fingerprint density at radius 2 is 1.88 bits per heavy atom. The summed E-state index contributed by atoms with van der Waals surface area (Å²) in [6, 6.07) is 12.5. The van der Waals surface area contributed by atoms with Crippen molar-refractivity contribution in [1.82, 2.24) is 0 Å². The van der Waals surface area contributed by atoms with Crippen LogP contribution in [0.5, 0.6) is 5.75 Å². The Hall–Kier alpha value is -2.86. The SMILES string of the molecule is COCC(=O)N1CCc2ccc(NC(=O)c3ccc(OC)cc3)cc21. The van der Waals surface area contributed by atoms with Gasteiger partial charge in [-0.3, -0.25) is 9.59 Å². The Balaban J connectivity index is 1.76. The molecule has 2 aromatic rings. The molecule has 3 rings (SSSR count). The number of nitrogens with one attached hydrogen (secondary N) is 1. The van der Waals surface area contributed by atoms with E-state index in [4.69, 9.17) is 9.47 Å². The van der Waals surface area contributed by atoms with Gasteiger partial charge in [0.25, 0.3) is 11.8 Å². The van der Waals surface area contributed by atoms with Gasteiger partial charge >= 0.3 is 0 Å². The van der Waals surface area contributed by atoms with Gasteiger partial charge in [-0.25, -0.2) is 0 Å². The minimum Gasteiger partial charge on any atom is -0.497 e. The van der Waals surface area contributed by atoms with Crippen molar-refractivity contribution in [3.05, 3.63) is 53.6 Å². The first-order valence-corrected chi connectivity index (χ1v) is 8.00. The zero-order valence-electron chi connectivity index (χ0n) is 14.2. The number of benzene rings is 2. The van der Waals surface area contributed by atoms with Gasteiger partial charge in [-0.05, 0) is 48.4 Å². The van der Waals surface area contributed by atoms with Gasteiger partial charge < -0.3 is 19.7 Å². The average Bonchev–Trinajstić information content (AvgIpc) is 3.05. The van der Waals surface area contributed by atoms with Gasteiger partial charge in [0.2, 0.25) is 0 Å². The molecule has 1 heterocycles. The molecule has 1 N–H and O–H groups in total. The third-order valence-electron chi connectivity index (χ3n) is 4.16. The van der Waals surface area contributed by atoms with Gasteiger partial charge in [0.05, 0.1) is 7.11 Å². The van der Waals surface area contributed by atoms with E-state index in [-0.39, 0.29) is 18.4 Å². The van der Waals surface area contributed by atoms with Crippen molar-refractivity contribution in [2.45, 2.75) is 6.42 Å². The summed E-state index contributed by atoms with van der Waals surface area (Å²) in [7, 11) is 3.08. The van der Waals surface area contributed by atoms with Crippen LogP contribution in [0, 0.1) is 0 Å². The summed E-state index contributed by atoms with van der Waals surface area (Å²) in [6.45, 7) is 0.676. The van der Waals surface area contributed by atoms with Crippen LogP contribution in [0.3, 0.4) is 0 Å².